The zero-order valence-electron chi connectivity index (χ0n) is 16.9. The number of rotatable bonds is 7. The van der Waals surface area contributed by atoms with Crippen molar-refractivity contribution in [3.05, 3.63) is 78.6 Å². The lowest BCUT2D eigenvalue weighted by atomic mass is 10.0. The number of amides is 1. The Labute approximate surface area is 179 Å². The second-order valence-corrected chi connectivity index (χ2v) is 6.67. The minimum absolute atomic E-state index is 0.273. The molecule has 8 heteroatoms. The van der Waals surface area contributed by atoms with Gasteiger partial charge in [0.25, 0.3) is 5.91 Å². The highest BCUT2D eigenvalue weighted by molar-refractivity contribution is 6.07. The van der Waals surface area contributed by atoms with E-state index in [4.69, 9.17) is 10.5 Å². The van der Waals surface area contributed by atoms with Gasteiger partial charge in [0.2, 0.25) is 0 Å². The Morgan fingerprint density at radius 3 is 2.52 bits per heavy atom. The van der Waals surface area contributed by atoms with Gasteiger partial charge in [0.15, 0.2) is 11.6 Å². The number of aromatic nitrogens is 2. The molecule has 0 saturated carbocycles. The summed E-state index contributed by atoms with van der Waals surface area (Å²) in [6.07, 6.45) is 1.36. The average molecular weight is 414 g/mol. The Kier molecular flexibility index (Phi) is 5.79. The van der Waals surface area contributed by atoms with Gasteiger partial charge < -0.3 is 15.8 Å². The number of nitrogen functional groups attached to an aromatic ring is 1. The number of benzene rings is 3. The van der Waals surface area contributed by atoms with Crippen molar-refractivity contribution in [2.24, 2.45) is 0 Å². The summed E-state index contributed by atoms with van der Waals surface area (Å²) in [6.45, 7) is 2.53. The fraction of sp³-hybridized carbons (Fsp3) is 0.0870. The van der Waals surface area contributed by atoms with Crippen LogP contribution in [0.5, 0.6) is 5.75 Å². The van der Waals surface area contributed by atoms with Crippen molar-refractivity contribution in [1.82, 2.24) is 15.4 Å². The second-order valence-electron chi connectivity index (χ2n) is 6.67. The summed E-state index contributed by atoms with van der Waals surface area (Å²) in [5.74, 6) is 1.19. The van der Waals surface area contributed by atoms with Gasteiger partial charge in [-0.1, -0.05) is 36.4 Å². The molecular weight excluding hydrogens is 392 g/mol. The van der Waals surface area contributed by atoms with Crippen molar-refractivity contribution in [2.45, 2.75) is 6.92 Å². The van der Waals surface area contributed by atoms with Crippen LogP contribution in [0.1, 0.15) is 17.3 Å². The molecule has 0 unspecified atom stereocenters. The maximum Gasteiger partial charge on any atom is 0.270 e. The monoisotopic (exact) mass is 414 g/mol. The van der Waals surface area contributed by atoms with E-state index in [1.165, 1.54) is 6.33 Å². The molecule has 5 N–H and O–H groups in total. The van der Waals surface area contributed by atoms with E-state index < -0.39 is 0 Å². The lowest BCUT2D eigenvalue weighted by Crippen LogP contribution is -2.30. The Bertz CT molecular complexity index is 1210. The lowest BCUT2D eigenvalue weighted by Gasteiger charge is -2.14. The first-order valence-corrected chi connectivity index (χ1v) is 9.80. The number of hydrogen-bond acceptors (Lipinski definition) is 7. The quantitative estimate of drug-likeness (QED) is 0.337. The van der Waals surface area contributed by atoms with E-state index in [2.05, 4.69) is 26.1 Å². The van der Waals surface area contributed by atoms with Crippen LogP contribution in [0.25, 0.3) is 10.8 Å². The van der Waals surface area contributed by atoms with Gasteiger partial charge in [0.05, 0.1) is 6.61 Å². The Hall–Kier alpha value is -4.33. The molecular formula is C23H22N6O2. The largest absolute Gasteiger partial charge is 0.494 e. The van der Waals surface area contributed by atoms with Crippen molar-refractivity contribution in [3.63, 3.8) is 0 Å². The van der Waals surface area contributed by atoms with Crippen LogP contribution in [0.4, 0.5) is 23.0 Å². The van der Waals surface area contributed by atoms with Gasteiger partial charge in [-0.05, 0) is 48.0 Å². The molecule has 0 aliphatic rings. The van der Waals surface area contributed by atoms with E-state index >= 15 is 0 Å². The average Bonchev–Trinajstić information content (AvgIpc) is 2.80. The highest BCUT2D eigenvalue weighted by Crippen LogP contribution is 2.26. The van der Waals surface area contributed by atoms with Gasteiger partial charge in [0.1, 0.15) is 17.8 Å². The maximum absolute atomic E-state index is 12.7. The molecule has 1 amide bonds. The summed E-state index contributed by atoms with van der Waals surface area (Å²) in [6, 6.07) is 20.7. The summed E-state index contributed by atoms with van der Waals surface area (Å²) in [5, 5.41) is 4.98. The van der Waals surface area contributed by atoms with Crippen molar-refractivity contribution < 1.29 is 9.53 Å². The Balaban J connectivity index is 1.47. The molecule has 0 atom stereocenters. The number of anilines is 4. The van der Waals surface area contributed by atoms with Crippen LogP contribution in [-0.4, -0.2) is 22.5 Å². The third-order valence-corrected chi connectivity index (χ3v) is 4.64. The SMILES string of the molecule is CCOc1ccc(Nc2ncnc(NNC(=O)c3cccc4ccccc34)c2N)cc1. The van der Waals surface area contributed by atoms with Crippen LogP contribution in [-0.2, 0) is 0 Å². The predicted octanol–water partition coefficient (Wildman–Crippen LogP) is 4.11. The van der Waals surface area contributed by atoms with E-state index in [9.17, 15) is 4.79 Å². The predicted molar refractivity (Wildman–Crippen MR) is 122 cm³/mol. The fourth-order valence-electron chi connectivity index (χ4n) is 3.14. The number of ether oxygens (including phenoxy) is 1. The topological polar surface area (TPSA) is 114 Å². The fourth-order valence-corrected chi connectivity index (χ4v) is 3.14. The van der Waals surface area contributed by atoms with Crippen LogP contribution in [0.15, 0.2) is 73.1 Å². The number of nitrogens with zero attached hydrogens (tertiary/aromatic N) is 2. The highest BCUT2D eigenvalue weighted by atomic mass is 16.5. The molecule has 1 heterocycles. The molecule has 4 aromatic rings. The second kappa shape index (κ2) is 9.00. The summed E-state index contributed by atoms with van der Waals surface area (Å²) >= 11 is 0. The van der Waals surface area contributed by atoms with Crippen molar-refractivity contribution in [3.8, 4) is 5.75 Å². The van der Waals surface area contributed by atoms with Gasteiger partial charge in [-0.3, -0.25) is 15.6 Å². The normalized spacial score (nSPS) is 10.5. The standard InChI is InChI=1S/C23H22N6O2/c1-2-31-17-12-10-16(11-13-17)27-21-20(24)22(26-14-25-21)28-29-23(30)19-9-5-7-15-6-3-4-8-18(15)19/h3-14H,2,24H2,1H3,(H,29,30)(H2,25,26,27,28). The maximum atomic E-state index is 12.7. The molecule has 0 aliphatic heterocycles. The smallest absolute Gasteiger partial charge is 0.270 e. The summed E-state index contributed by atoms with van der Waals surface area (Å²) in [4.78, 5) is 21.0. The molecule has 0 radical (unpaired) electrons. The van der Waals surface area contributed by atoms with Crippen LogP contribution in [0.3, 0.4) is 0 Å². The summed E-state index contributed by atoms with van der Waals surface area (Å²) < 4.78 is 5.44. The van der Waals surface area contributed by atoms with Gasteiger partial charge in [-0.15, -0.1) is 0 Å². The van der Waals surface area contributed by atoms with Crippen LogP contribution >= 0.6 is 0 Å². The molecule has 0 spiro atoms. The molecule has 4 rings (SSSR count). The van der Waals surface area contributed by atoms with Gasteiger partial charge in [-0.25, -0.2) is 9.97 Å². The van der Waals surface area contributed by atoms with Gasteiger partial charge >= 0.3 is 0 Å². The van der Waals surface area contributed by atoms with E-state index in [0.29, 0.717) is 18.0 Å². The van der Waals surface area contributed by atoms with Gasteiger partial charge in [0, 0.05) is 11.3 Å². The molecule has 156 valence electrons. The first-order chi connectivity index (χ1) is 15.2. The molecule has 0 bridgehead atoms. The molecule has 8 nitrogen and oxygen atoms in total. The number of hydrogen-bond donors (Lipinski definition) is 4. The van der Waals surface area contributed by atoms with E-state index in [-0.39, 0.29) is 17.4 Å². The minimum Gasteiger partial charge on any atom is -0.494 e. The van der Waals surface area contributed by atoms with Crippen molar-refractivity contribution in [1.29, 1.82) is 0 Å². The number of carbonyl (C=O) groups is 1. The summed E-state index contributed by atoms with van der Waals surface area (Å²) in [7, 11) is 0. The molecule has 1 aromatic heterocycles. The first kappa shape index (κ1) is 20.0. The molecule has 0 aliphatic carbocycles. The third-order valence-electron chi connectivity index (χ3n) is 4.64. The van der Waals surface area contributed by atoms with Crippen LogP contribution in [0.2, 0.25) is 0 Å². The summed E-state index contributed by atoms with van der Waals surface area (Å²) in [5.41, 5.74) is 13.3. The van der Waals surface area contributed by atoms with E-state index in [1.54, 1.807) is 6.07 Å². The first-order valence-electron chi connectivity index (χ1n) is 9.80. The number of nitrogens with two attached hydrogens (primary N) is 1. The minimum atomic E-state index is -0.296. The number of nitrogens with one attached hydrogen (secondary N) is 3. The molecule has 3 aromatic carbocycles. The van der Waals surface area contributed by atoms with Crippen molar-refractivity contribution in [2.75, 3.05) is 23.1 Å². The Morgan fingerprint density at radius 1 is 0.968 bits per heavy atom. The van der Waals surface area contributed by atoms with E-state index in [0.717, 1.165) is 22.2 Å². The van der Waals surface area contributed by atoms with E-state index in [1.807, 2.05) is 67.6 Å². The molecule has 0 saturated heterocycles. The van der Waals surface area contributed by atoms with Crippen LogP contribution < -0.4 is 26.6 Å². The Morgan fingerprint density at radius 2 is 1.71 bits per heavy atom. The van der Waals surface area contributed by atoms with Crippen LogP contribution in [0, 0.1) is 0 Å². The molecule has 0 fully saturated rings. The lowest BCUT2D eigenvalue weighted by molar-refractivity contribution is 0.0964. The number of carbonyl (C=O) groups excluding carboxylic acids is 1. The zero-order chi connectivity index (χ0) is 21.6. The third kappa shape index (κ3) is 4.48. The number of hydrazine groups is 1. The number of fused-ring (bicyclic) bond motifs is 1. The highest BCUT2D eigenvalue weighted by Gasteiger charge is 2.12. The van der Waals surface area contributed by atoms with Gasteiger partial charge in [-0.2, -0.15) is 0 Å². The van der Waals surface area contributed by atoms with Crippen molar-refractivity contribution >= 4 is 39.7 Å². The molecule has 31 heavy (non-hydrogen) atoms. The zero-order valence-corrected chi connectivity index (χ0v) is 16.9.